The Morgan fingerprint density at radius 3 is 2.70 bits per heavy atom. The first-order chi connectivity index (χ1) is 4.81. The van der Waals surface area contributed by atoms with E-state index in [1.807, 2.05) is 32.3 Å². The molecule has 0 radical (unpaired) electrons. The summed E-state index contributed by atoms with van der Waals surface area (Å²) in [4.78, 5) is 3.86. The highest BCUT2D eigenvalue weighted by molar-refractivity contribution is 5.77. The summed E-state index contributed by atoms with van der Waals surface area (Å²) >= 11 is 0. The molecule has 0 atom stereocenters. The Morgan fingerprint density at radius 2 is 2.20 bits per heavy atom. The fourth-order valence-electron chi connectivity index (χ4n) is 0.517. The quantitative estimate of drug-likeness (QED) is 0.590. The van der Waals surface area contributed by atoms with Crippen molar-refractivity contribution in [3.8, 4) is 0 Å². The van der Waals surface area contributed by atoms with Crippen molar-refractivity contribution in [2.75, 3.05) is 7.05 Å². The van der Waals surface area contributed by atoms with E-state index in [4.69, 9.17) is 0 Å². The van der Waals surface area contributed by atoms with Gasteiger partial charge in [-0.15, -0.1) is 0 Å². The van der Waals surface area contributed by atoms with Crippen molar-refractivity contribution >= 4 is 6.21 Å². The molecular weight excluding hydrogens is 124 g/mol. The molecule has 0 aliphatic heterocycles. The Hall–Kier alpha value is -1.05. The van der Waals surface area contributed by atoms with Crippen molar-refractivity contribution < 1.29 is 0 Å². The summed E-state index contributed by atoms with van der Waals surface area (Å²) in [7, 11) is 1.76. The van der Waals surface area contributed by atoms with E-state index < -0.39 is 0 Å². The van der Waals surface area contributed by atoms with E-state index >= 15 is 0 Å². The molecule has 0 fully saturated rings. The molecule has 0 bridgehead atoms. The molecule has 0 saturated heterocycles. The molecule has 0 aliphatic rings. The second kappa shape index (κ2) is 6.08. The Morgan fingerprint density at radius 1 is 1.50 bits per heavy atom. The third kappa shape index (κ3) is 5.09. The maximum absolute atomic E-state index is 3.86. The SMILES string of the molecule is C/C=C\N/C=C(/C)C=NC. The number of hydrogen-bond donors (Lipinski definition) is 1. The molecule has 0 saturated carbocycles. The van der Waals surface area contributed by atoms with Crippen molar-refractivity contribution in [1.29, 1.82) is 0 Å². The van der Waals surface area contributed by atoms with Crippen LogP contribution in [-0.2, 0) is 0 Å². The first-order valence-corrected chi connectivity index (χ1v) is 3.27. The molecule has 10 heavy (non-hydrogen) atoms. The lowest BCUT2D eigenvalue weighted by molar-refractivity contribution is 1.17. The number of hydrogen-bond acceptors (Lipinski definition) is 2. The lowest BCUT2D eigenvalue weighted by Crippen LogP contribution is -1.93. The fourth-order valence-corrected chi connectivity index (χ4v) is 0.517. The molecular formula is C8H14N2. The van der Waals surface area contributed by atoms with Crippen LogP contribution in [0.25, 0.3) is 0 Å². The van der Waals surface area contributed by atoms with Gasteiger partial charge in [0.1, 0.15) is 0 Å². The molecule has 0 aromatic carbocycles. The van der Waals surface area contributed by atoms with E-state index in [-0.39, 0.29) is 0 Å². The van der Waals surface area contributed by atoms with E-state index in [9.17, 15) is 0 Å². The van der Waals surface area contributed by atoms with E-state index in [0.717, 1.165) is 5.57 Å². The maximum Gasteiger partial charge on any atom is 0.0277 e. The fraction of sp³-hybridized carbons (Fsp3) is 0.375. The van der Waals surface area contributed by atoms with Crippen molar-refractivity contribution in [3.05, 3.63) is 24.0 Å². The zero-order valence-electron chi connectivity index (χ0n) is 6.76. The van der Waals surface area contributed by atoms with Crippen molar-refractivity contribution in [2.24, 2.45) is 4.99 Å². The highest BCUT2D eigenvalue weighted by atomic mass is 14.8. The third-order valence-corrected chi connectivity index (χ3v) is 0.907. The van der Waals surface area contributed by atoms with Crippen molar-refractivity contribution in [2.45, 2.75) is 13.8 Å². The largest absolute Gasteiger partial charge is 0.368 e. The molecule has 0 unspecified atom stereocenters. The Bertz CT molecular complexity index is 155. The molecule has 0 aliphatic carbocycles. The summed E-state index contributed by atoms with van der Waals surface area (Å²) in [5, 5.41) is 2.99. The third-order valence-electron chi connectivity index (χ3n) is 0.907. The van der Waals surface area contributed by atoms with Crippen LogP contribution in [0.5, 0.6) is 0 Å². The van der Waals surface area contributed by atoms with Crippen LogP contribution in [0.2, 0.25) is 0 Å². The van der Waals surface area contributed by atoms with Crippen LogP contribution in [0.4, 0.5) is 0 Å². The molecule has 0 aromatic rings. The summed E-state index contributed by atoms with van der Waals surface area (Å²) in [6, 6.07) is 0. The number of nitrogens with zero attached hydrogens (tertiary/aromatic N) is 1. The van der Waals surface area contributed by atoms with Gasteiger partial charge in [-0.3, -0.25) is 4.99 Å². The van der Waals surface area contributed by atoms with Gasteiger partial charge in [0.25, 0.3) is 0 Å². The van der Waals surface area contributed by atoms with Gasteiger partial charge in [-0.1, -0.05) is 6.08 Å². The molecule has 0 heterocycles. The van der Waals surface area contributed by atoms with Gasteiger partial charge in [-0.25, -0.2) is 0 Å². The average Bonchev–Trinajstić information content (AvgIpc) is 1.89. The van der Waals surface area contributed by atoms with Crippen LogP contribution in [0.3, 0.4) is 0 Å². The second-order valence-corrected chi connectivity index (χ2v) is 1.94. The summed E-state index contributed by atoms with van der Waals surface area (Å²) in [6.07, 6.45) is 7.50. The van der Waals surface area contributed by atoms with Crippen LogP contribution in [0.1, 0.15) is 13.8 Å². The molecule has 2 heteroatoms. The van der Waals surface area contributed by atoms with E-state index in [2.05, 4.69) is 10.3 Å². The minimum atomic E-state index is 1.11. The van der Waals surface area contributed by atoms with E-state index in [1.54, 1.807) is 13.3 Å². The molecule has 0 amide bonds. The lowest BCUT2D eigenvalue weighted by Gasteiger charge is -1.90. The van der Waals surface area contributed by atoms with Gasteiger partial charge in [0.15, 0.2) is 0 Å². The summed E-state index contributed by atoms with van der Waals surface area (Å²) in [5.74, 6) is 0. The number of rotatable bonds is 3. The Balaban J connectivity index is 3.68. The van der Waals surface area contributed by atoms with Gasteiger partial charge in [-0.2, -0.15) is 0 Å². The Kier molecular flexibility index (Phi) is 5.44. The number of allylic oxidation sites excluding steroid dienone is 2. The lowest BCUT2D eigenvalue weighted by atomic mass is 10.4. The summed E-state index contributed by atoms with van der Waals surface area (Å²) < 4.78 is 0. The zero-order chi connectivity index (χ0) is 7.82. The van der Waals surface area contributed by atoms with Crippen molar-refractivity contribution in [1.82, 2.24) is 5.32 Å². The minimum absolute atomic E-state index is 1.11. The second-order valence-electron chi connectivity index (χ2n) is 1.94. The zero-order valence-corrected chi connectivity index (χ0v) is 6.76. The van der Waals surface area contributed by atoms with Crippen LogP contribution < -0.4 is 5.32 Å². The predicted molar refractivity (Wildman–Crippen MR) is 46.1 cm³/mol. The monoisotopic (exact) mass is 138 g/mol. The predicted octanol–water partition coefficient (Wildman–Crippen LogP) is 1.71. The molecule has 0 spiro atoms. The minimum Gasteiger partial charge on any atom is -0.368 e. The van der Waals surface area contributed by atoms with Gasteiger partial charge < -0.3 is 5.32 Å². The van der Waals surface area contributed by atoms with Crippen LogP contribution >= 0.6 is 0 Å². The molecule has 0 aromatic heterocycles. The molecule has 2 nitrogen and oxygen atoms in total. The van der Waals surface area contributed by atoms with Crippen LogP contribution in [0, 0.1) is 0 Å². The normalized spacial score (nSPS) is 13.3. The van der Waals surface area contributed by atoms with Gasteiger partial charge in [0.2, 0.25) is 0 Å². The first-order valence-electron chi connectivity index (χ1n) is 3.27. The first kappa shape index (κ1) is 8.95. The molecule has 0 rings (SSSR count). The van der Waals surface area contributed by atoms with Gasteiger partial charge in [-0.05, 0) is 25.6 Å². The van der Waals surface area contributed by atoms with E-state index in [1.165, 1.54) is 0 Å². The topological polar surface area (TPSA) is 24.4 Å². The average molecular weight is 138 g/mol. The standard InChI is InChI=1S/C8H14N2/c1-4-5-10-7-8(2)6-9-3/h4-7,10H,1-3H3/b5-4-,8-7-,9-6?. The number of aliphatic imine (C=N–C) groups is 1. The van der Waals surface area contributed by atoms with Crippen LogP contribution in [-0.4, -0.2) is 13.3 Å². The highest BCUT2D eigenvalue weighted by Crippen LogP contribution is 1.82. The van der Waals surface area contributed by atoms with Crippen molar-refractivity contribution in [3.63, 3.8) is 0 Å². The molecule has 1 N–H and O–H groups in total. The molecule has 56 valence electrons. The maximum atomic E-state index is 3.86. The number of nitrogens with one attached hydrogen (secondary N) is 1. The smallest absolute Gasteiger partial charge is 0.0277 e. The van der Waals surface area contributed by atoms with Crippen LogP contribution in [0.15, 0.2) is 29.0 Å². The Labute approximate surface area is 62.4 Å². The summed E-state index contributed by atoms with van der Waals surface area (Å²) in [5.41, 5.74) is 1.11. The van der Waals surface area contributed by atoms with Gasteiger partial charge in [0.05, 0.1) is 0 Å². The highest BCUT2D eigenvalue weighted by Gasteiger charge is 1.76. The van der Waals surface area contributed by atoms with Gasteiger partial charge in [0, 0.05) is 19.5 Å². The van der Waals surface area contributed by atoms with Gasteiger partial charge >= 0.3 is 0 Å². The van der Waals surface area contributed by atoms with E-state index in [0.29, 0.717) is 0 Å². The summed E-state index contributed by atoms with van der Waals surface area (Å²) in [6.45, 7) is 3.95.